The minimum absolute atomic E-state index is 0.0446. The fourth-order valence-electron chi connectivity index (χ4n) is 2.48. The molecule has 26 heavy (non-hydrogen) atoms. The second kappa shape index (κ2) is 9.45. The van der Waals surface area contributed by atoms with Crippen molar-refractivity contribution in [1.82, 2.24) is 9.97 Å². The summed E-state index contributed by atoms with van der Waals surface area (Å²) in [4.78, 5) is 33.2. The highest BCUT2D eigenvalue weighted by molar-refractivity contribution is 7.20. The first-order chi connectivity index (χ1) is 12.3. The molecule has 0 aliphatic carbocycles. The van der Waals surface area contributed by atoms with Crippen molar-refractivity contribution in [2.24, 2.45) is 0 Å². The van der Waals surface area contributed by atoms with Gasteiger partial charge in [0.25, 0.3) is 0 Å². The summed E-state index contributed by atoms with van der Waals surface area (Å²) < 4.78 is 0. The number of aromatic nitrogens is 2. The van der Waals surface area contributed by atoms with E-state index in [2.05, 4.69) is 9.97 Å². The molecule has 0 unspecified atom stereocenters. The third kappa shape index (κ3) is 6.35. The lowest BCUT2D eigenvalue weighted by Gasteiger charge is -2.16. The normalized spacial score (nSPS) is 11.7. The molecular weight excluding hydrogens is 372 g/mol. The first kappa shape index (κ1) is 20.8. The number of carbonyl (C=O) groups excluding carboxylic acids is 2. The fourth-order valence-corrected chi connectivity index (χ4v) is 4.46. The second-order valence-corrected chi connectivity index (χ2v) is 8.78. The molecule has 2 aromatic rings. The van der Waals surface area contributed by atoms with Crippen molar-refractivity contribution in [2.75, 3.05) is 6.61 Å². The van der Waals surface area contributed by atoms with Crippen LogP contribution in [0.25, 0.3) is 10.0 Å². The number of carbonyl (C=O) groups is 2. The lowest BCUT2D eigenvalue weighted by molar-refractivity contribution is -0.121. The van der Waals surface area contributed by atoms with Gasteiger partial charge in [-0.3, -0.25) is 9.59 Å². The Kier molecular flexibility index (Phi) is 7.57. The van der Waals surface area contributed by atoms with Gasteiger partial charge in [-0.1, -0.05) is 6.42 Å². The molecule has 0 saturated carbocycles. The maximum Gasteiger partial charge on any atom is 0.182 e. The van der Waals surface area contributed by atoms with Crippen molar-refractivity contribution in [3.05, 3.63) is 22.1 Å². The average molecular weight is 397 g/mol. The lowest BCUT2D eigenvalue weighted by atomic mass is 10.0. The Balaban J connectivity index is 2.03. The maximum absolute atomic E-state index is 12.6. The molecule has 0 saturated heterocycles. The zero-order valence-corrected chi connectivity index (χ0v) is 16.7. The quantitative estimate of drug-likeness (QED) is 0.447. The van der Waals surface area contributed by atoms with Crippen LogP contribution < -0.4 is 0 Å². The summed E-state index contributed by atoms with van der Waals surface area (Å²) in [7, 11) is 0. The highest BCUT2D eigenvalue weighted by Gasteiger charge is 2.24. The largest absolute Gasteiger partial charge is 0.390 e. The van der Waals surface area contributed by atoms with E-state index in [1.807, 2.05) is 5.38 Å². The molecule has 0 aliphatic rings. The van der Waals surface area contributed by atoms with E-state index < -0.39 is 12.2 Å². The van der Waals surface area contributed by atoms with Crippen molar-refractivity contribution in [2.45, 2.75) is 58.0 Å². The van der Waals surface area contributed by atoms with Gasteiger partial charge in [0, 0.05) is 35.7 Å². The first-order valence-corrected chi connectivity index (χ1v) is 10.3. The SMILES string of the molecule is CC(C)(O)Cc1sc(-c2nccs2)nc1C(=O)CCCCCC(=O)CO. The summed E-state index contributed by atoms with van der Waals surface area (Å²) in [5.74, 6) is -0.215. The molecule has 0 amide bonds. The van der Waals surface area contributed by atoms with E-state index in [0.29, 0.717) is 42.8 Å². The number of ketones is 2. The van der Waals surface area contributed by atoms with Crippen LogP contribution >= 0.6 is 22.7 Å². The van der Waals surface area contributed by atoms with Gasteiger partial charge in [-0.05, 0) is 26.7 Å². The van der Waals surface area contributed by atoms with Gasteiger partial charge in [0.1, 0.15) is 12.3 Å². The molecule has 0 fully saturated rings. The fraction of sp³-hybridized carbons (Fsp3) is 0.556. The zero-order chi connectivity index (χ0) is 19.2. The molecule has 0 aromatic carbocycles. The summed E-state index contributed by atoms with van der Waals surface area (Å²) in [6, 6.07) is 0. The third-order valence-electron chi connectivity index (χ3n) is 3.71. The monoisotopic (exact) mass is 396 g/mol. The van der Waals surface area contributed by atoms with Crippen molar-refractivity contribution in [3.8, 4) is 10.0 Å². The standard InChI is InChI=1S/C18H24N2O4S2/c1-18(2,24)10-14-15(20-17(26-14)16-19-8-9-25-16)13(23)7-5-3-4-6-12(22)11-21/h8-9,21,24H,3-7,10-11H2,1-2H3. The van der Waals surface area contributed by atoms with Gasteiger partial charge in [0.2, 0.25) is 0 Å². The van der Waals surface area contributed by atoms with Gasteiger partial charge in [-0.2, -0.15) is 0 Å². The molecule has 6 nitrogen and oxygen atoms in total. The Morgan fingerprint density at radius 2 is 1.88 bits per heavy atom. The van der Waals surface area contributed by atoms with Crippen LogP contribution in [-0.2, 0) is 11.2 Å². The zero-order valence-electron chi connectivity index (χ0n) is 15.0. The van der Waals surface area contributed by atoms with E-state index in [0.717, 1.165) is 16.3 Å². The Bertz CT molecular complexity index is 733. The number of hydrogen-bond acceptors (Lipinski definition) is 8. The summed E-state index contributed by atoms with van der Waals surface area (Å²) in [6.45, 7) is 3.00. The van der Waals surface area contributed by atoms with Crippen LogP contribution in [0.15, 0.2) is 11.6 Å². The highest BCUT2D eigenvalue weighted by atomic mass is 32.1. The molecule has 0 bridgehead atoms. The number of rotatable bonds is 11. The molecule has 2 N–H and O–H groups in total. The van der Waals surface area contributed by atoms with E-state index in [1.165, 1.54) is 22.7 Å². The van der Waals surface area contributed by atoms with Gasteiger partial charge in [0.15, 0.2) is 21.6 Å². The van der Waals surface area contributed by atoms with Gasteiger partial charge in [-0.15, -0.1) is 22.7 Å². The molecule has 0 aliphatic heterocycles. The van der Waals surface area contributed by atoms with Crippen molar-refractivity contribution in [3.63, 3.8) is 0 Å². The number of thiazole rings is 2. The molecule has 8 heteroatoms. The molecular formula is C18H24N2O4S2. The molecule has 0 radical (unpaired) electrons. The molecule has 2 heterocycles. The van der Waals surface area contributed by atoms with Crippen LogP contribution in [0.2, 0.25) is 0 Å². The van der Waals surface area contributed by atoms with Crippen molar-refractivity contribution >= 4 is 34.2 Å². The summed E-state index contributed by atoms with van der Waals surface area (Å²) >= 11 is 2.87. The van der Waals surface area contributed by atoms with E-state index >= 15 is 0 Å². The van der Waals surface area contributed by atoms with E-state index in [1.54, 1.807) is 20.0 Å². The van der Waals surface area contributed by atoms with Crippen LogP contribution in [-0.4, -0.2) is 44.0 Å². The number of hydrogen-bond donors (Lipinski definition) is 2. The number of aliphatic hydroxyl groups excluding tert-OH is 1. The molecule has 2 rings (SSSR count). The maximum atomic E-state index is 12.6. The van der Waals surface area contributed by atoms with Crippen LogP contribution in [0.4, 0.5) is 0 Å². The number of nitrogens with zero attached hydrogens (tertiary/aromatic N) is 2. The summed E-state index contributed by atoms with van der Waals surface area (Å²) in [5.41, 5.74) is -0.499. The lowest BCUT2D eigenvalue weighted by Crippen LogP contribution is -2.22. The second-order valence-electron chi connectivity index (χ2n) is 6.80. The third-order valence-corrected chi connectivity index (χ3v) is 5.68. The molecule has 2 aromatic heterocycles. The minimum atomic E-state index is -0.924. The molecule has 142 valence electrons. The van der Waals surface area contributed by atoms with Crippen LogP contribution in [0.3, 0.4) is 0 Å². The number of aliphatic hydroxyl groups is 2. The predicted octanol–water partition coefficient (Wildman–Crippen LogP) is 3.27. The van der Waals surface area contributed by atoms with Gasteiger partial charge < -0.3 is 10.2 Å². The number of unbranched alkanes of at least 4 members (excludes halogenated alkanes) is 2. The van der Waals surface area contributed by atoms with Crippen molar-refractivity contribution < 1.29 is 19.8 Å². The molecule has 0 atom stereocenters. The number of Topliss-reactive ketones (excluding diaryl/α,β-unsaturated/α-hetero) is 2. The summed E-state index contributed by atoms with van der Waals surface area (Å²) in [6.07, 6.45) is 4.86. The van der Waals surface area contributed by atoms with Crippen molar-refractivity contribution in [1.29, 1.82) is 0 Å². The van der Waals surface area contributed by atoms with E-state index in [-0.39, 0.29) is 11.6 Å². The van der Waals surface area contributed by atoms with Crippen LogP contribution in [0.1, 0.15) is 61.3 Å². The topological polar surface area (TPSA) is 100 Å². The Labute approximate surface area is 160 Å². The Morgan fingerprint density at radius 1 is 1.15 bits per heavy atom. The Hall–Kier alpha value is -1.48. The van der Waals surface area contributed by atoms with Crippen LogP contribution in [0.5, 0.6) is 0 Å². The highest BCUT2D eigenvalue weighted by Crippen LogP contribution is 2.32. The van der Waals surface area contributed by atoms with Crippen LogP contribution in [0, 0.1) is 0 Å². The minimum Gasteiger partial charge on any atom is -0.390 e. The van der Waals surface area contributed by atoms with E-state index in [9.17, 15) is 14.7 Å². The van der Waals surface area contributed by atoms with E-state index in [4.69, 9.17) is 5.11 Å². The average Bonchev–Trinajstić information content (AvgIpc) is 3.22. The smallest absolute Gasteiger partial charge is 0.182 e. The van der Waals surface area contributed by atoms with Gasteiger partial charge in [0.05, 0.1) is 5.60 Å². The summed E-state index contributed by atoms with van der Waals surface area (Å²) in [5, 5.41) is 22.2. The first-order valence-electron chi connectivity index (χ1n) is 8.58. The Morgan fingerprint density at radius 3 is 2.50 bits per heavy atom. The molecule has 0 spiro atoms. The van der Waals surface area contributed by atoms with Gasteiger partial charge in [-0.25, -0.2) is 9.97 Å². The predicted molar refractivity (Wildman–Crippen MR) is 103 cm³/mol. The van der Waals surface area contributed by atoms with Gasteiger partial charge >= 0.3 is 0 Å².